The summed E-state index contributed by atoms with van der Waals surface area (Å²) in [7, 11) is 2.14. The highest BCUT2D eigenvalue weighted by atomic mass is 14.9. The summed E-state index contributed by atoms with van der Waals surface area (Å²) in [4.78, 5) is 0. The van der Waals surface area contributed by atoms with Crippen LogP contribution < -0.4 is 5.32 Å². The summed E-state index contributed by atoms with van der Waals surface area (Å²) in [6.07, 6.45) is 2.71. The van der Waals surface area contributed by atoms with Gasteiger partial charge in [-0.1, -0.05) is 60.7 Å². The molecule has 108 valence electrons. The molecule has 0 amide bonds. The highest BCUT2D eigenvalue weighted by Gasteiger charge is 2.52. The fourth-order valence-electron chi connectivity index (χ4n) is 4.14. The molecule has 4 atom stereocenters. The molecule has 0 spiro atoms. The van der Waals surface area contributed by atoms with Crippen LogP contribution in [-0.4, -0.2) is 13.1 Å². The van der Waals surface area contributed by atoms with Crippen LogP contribution in [0, 0.1) is 11.8 Å². The molecule has 2 aliphatic rings. The molecule has 21 heavy (non-hydrogen) atoms. The Kier molecular flexibility index (Phi) is 3.31. The molecule has 4 unspecified atom stereocenters. The van der Waals surface area contributed by atoms with E-state index in [-0.39, 0.29) is 0 Å². The van der Waals surface area contributed by atoms with E-state index in [0.717, 1.165) is 23.7 Å². The van der Waals surface area contributed by atoms with Crippen LogP contribution in [0.25, 0.3) is 0 Å². The fourth-order valence-corrected chi connectivity index (χ4v) is 4.14. The molecular weight excluding hydrogens is 254 g/mol. The predicted molar refractivity (Wildman–Crippen MR) is 87.4 cm³/mol. The topological polar surface area (TPSA) is 12.0 Å². The second-order valence-electron chi connectivity index (χ2n) is 6.65. The maximum absolute atomic E-state index is 3.63. The van der Waals surface area contributed by atoms with Gasteiger partial charge in [-0.05, 0) is 54.7 Å². The van der Waals surface area contributed by atoms with Crippen LogP contribution in [0.4, 0.5) is 0 Å². The zero-order valence-corrected chi connectivity index (χ0v) is 12.6. The molecule has 4 rings (SSSR count). The van der Waals surface area contributed by atoms with Gasteiger partial charge in [0, 0.05) is 6.04 Å². The van der Waals surface area contributed by atoms with E-state index in [0.29, 0.717) is 6.04 Å². The standard InChI is InChI=1S/C20H23N/c1-21-20(18-12-16(18)14-8-4-2-5-9-14)19-13-17(19)15-10-6-3-7-11-15/h2-11,16-21H,12-13H2,1H3. The Bertz CT molecular complexity index is 538. The lowest BCUT2D eigenvalue weighted by molar-refractivity contribution is 0.436. The van der Waals surface area contributed by atoms with Crippen molar-refractivity contribution in [2.75, 3.05) is 7.05 Å². The second kappa shape index (κ2) is 5.31. The maximum atomic E-state index is 3.63. The number of nitrogens with one attached hydrogen (secondary N) is 1. The first-order valence-corrected chi connectivity index (χ1v) is 8.15. The highest BCUT2D eigenvalue weighted by molar-refractivity contribution is 5.31. The quantitative estimate of drug-likeness (QED) is 0.864. The SMILES string of the molecule is CNC(C1CC1c1ccccc1)C1CC1c1ccccc1. The van der Waals surface area contributed by atoms with Crippen molar-refractivity contribution >= 4 is 0 Å². The predicted octanol–water partition coefficient (Wildman–Crippen LogP) is 4.18. The van der Waals surface area contributed by atoms with Crippen molar-refractivity contribution in [1.82, 2.24) is 5.32 Å². The summed E-state index contributed by atoms with van der Waals surface area (Å²) in [6, 6.07) is 22.7. The lowest BCUT2D eigenvalue weighted by atomic mass is 9.99. The minimum absolute atomic E-state index is 0.681. The highest BCUT2D eigenvalue weighted by Crippen LogP contribution is 2.58. The third-order valence-electron chi connectivity index (χ3n) is 5.39. The van der Waals surface area contributed by atoms with Gasteiger partial charge in [0.25, 0.3) is 0 Å². The first-order chi connectivity index (χ1) is 10.4. The van der Waals surface area contributed by atoms with E-state index in [1.54, 1.807) is 0 Å². The molecule has 1 heteroatoms. The minimum Gasteiger partial charge on any atom is -0.316 e. The van der Waals surface area contributed by atoms with E-state index in [4.69, 9.17) is 0 Å². The molecule has 2 saturated carbocycles. The van der Waals surface area contributed by atoms with Crippen molar-refractivity contribution in [2.45, 2.75) is 30.7 Å². The van der Waals surface area contributed by atoms with Crippen LogP contribution in [0.15, 0.2) is 60.7 Å². The molecule has 0 radical (unpaired) electrons. The van der Waals surface area contributed by atoms with E-state index in [1.165, 1.54) is 24.0 Å². The summed E-state index contributed by atoms with van der Waals surface area (Å²) in [5.74, 6) is 3.22. The molecule has 2 fully saturated rings. The molecule has 1 nitrogen and oxygen atoms in total. The largest absolute Gasteiger partial charge is 0.316 e. The molecule has 2 aromatic carbocycles. The summed E-state index contributed by atoms with van der Waals surface area (Å²) < 4.78 is 0. The van der Waals surface area contributed by atoms with Crippen molar-refractivity contribution in [2.24, 2.45) is 11.8 Å². The average molecular weight is 277 g/mol. The van der Waals surface area contributed by atoms with Crippen LogP contribution >= 0.6 is 0 Å². The van der Waals surface area contributed by atoms with Gasteiger partial charge >= 0.3 is 0 Å². The zero-order valence-electron chi connectivity index (χ0n) is 12.6. The number of benzene rings is 2. The Balaban J connectivity index is 1.44. The Morgan fingerprint density at radius 1 is 0.762 bits per heavy atom. The van der Waals surface area contributed by atoms with Gasteiger partial charge in [0.1, 0.15) is 0 Å². The normalized spacial score (nSPS) is 31.7. The first kappa shape index (κ1) is 13.1. The van der Waals surface area contributed by atoms with Gasteiger partial charge in [-0.25, -0.2) is 0 Å². The lowest BCUT2D eigenvalue weighted by Gasteiger charge is -2.16. The van der Waals surface area contributed by atoms with Crippen LogP contribution in [0.5, 0.6) is 0 Å². The van der Waals surface area contributed by atoms with Crippen LogP contribution in [0.1, 0.15) is 35.8 Å². The Morgan fingerprint density at radius 2 is 1.19 bits per heavy atom. The third kappa shape index (κ3) is 2.51. The van der Waals surface area contributed by atoms with E-state index in [2.05, 4.69) is 73.0 Å². The van der Waals surface area contributed by atoms with E-state index >= 15 is 0 Å². The lowest BCUT2D eigenvalue weighted by Crippen LogP contribution is -2.30. The fraction of sp³-hybridized carbons (Fsp3) is 0.400. The summed E-state index contributed by atoms with van der Waals surface area (Å²) in [5.41, 5.74) is 3.05. The summed E-state index contributed by atoms with van der Waals surface area (Å²) in [5, 5.41) is 3.63. The number of hydrogen-bond donors (Lipinski definition) is 1. The monoisotopic (exact) mass is 277 g/mol. The maximum Gasteiger partial charge on any atom is 0.0133 e. The molecule has 0 aromatic heterocycles. The summed E-state index contributed by atoms with van der Waals surface area (Å²) >= 11 is 0. The number of rotatable bonds is 5. The molecule has 0 bridgehead atoms. The van der Waals surface area contributed by atoms with Crippen LogP contribution in [-0.2, 0) is 0 Å². The first-order valence-electron chi connectivity index (χ1n) is 8.15. The van der Waals surface area contributed by atoms with Crippen molar-refractivity contribution < 1.29 is 0 Å². The van der Waals surface area contributed by atoms with Gasteiger partial charge in [0.2, 0.25) is 0 Å². The molecule has 2 aromatic rings. The average Bonchev–Trinajstić information content (AvgIpc) is 3.45. The van der Waals surface area contributed by atoms with E-state index in [1.807, 2.05) is 0 Å². The van der Waals surface area contributed by atoms with Crippen LogP contribution in [0.3, 0.4) is 0 Å². The molecular formula is C20H23N. The van der Waals surface area contributed by atoms with Crippen molar-refractivity contribution in [3.63, 3.8) is 0 Å². The minimum atomic E-state index is 0.681. The molecule has 2 aliphatic carbocycles. The van der Waals surface area contributed by atoms with Gasteiger partial charge in [-0.15, -0.1) is 0 Å². The molecule has 0 saturated heterocycles. The van der Waals surface area contributed by atoms with E-state index < -0.39 is 0 Å². The van der Waals surface area contributed by atoms with Gasteiger partial charge in [-0.2, -0.15) is 0 Å². The Labute approximate surface area is 127 Å². The van der Waals surface area contributed by atoms with E-state index in [9.17, 15) is 0 Å². The zero-order chi connectivity index (χ0) is 14.2. The smallest absolute Gasteiger partial charge is 0.0133 e. The summed E-state index contributed by atoms with van der Waals surface area (Å²) in [6.45, 7) is 0. The van der Waals surface area contributed by atoms with Crippen LogP contribution in [0.2, 0.25) is 0 Å². The Hall–Kier alpha value is -1.60. The van der Waals surface area contributed by atoms with Crippen molar-refractivity contribution in [1.29, 1.82) is 0 Å². The Morgan fingerprint density at radius 3 is 1.57 bits per heavy atom. The van der Waals surface area contributed by atoms with Crippen molar-refractivity contribution in [3.05, 3.63) is 71.8 Å². The molecule has 1 N–H and O–H groups in total. The second-order valence-corrected chi connectivity index (χ2v) is 6.65. The van der Waals surface area contributed by atoms with Gasteiger partial charge < -0.3 is 5.32 Å². The third-order valence-corrected chi connectivity index (χ3v) is 5.39. The number of hydrogen-bond acceptors (Lipinski definition) is 1. The molecule has 0 heterocycles. The van der Waals surface area contributed by atoms with Gasteiger partial charge in [0.15, 0.2) is 0 Å². The van der Waals surface area contributed by atoms with Crippen molar-refractivity contribution in [3.8, 4) is 0 Å². The van der Waals surface area contributed by atoms with Gasteiger partial charge in [-0.3, -0.25) is 0 Å². The van der Waals surface area contributed by atoms with Gasteiger partial charge in [0.05, 0.1) is 0 Å². The molecule has 0 aliphatic heterocycles.